The van der Waals surface area contributed by atoms with Gasteiger partial charge in [-0.25, -0.2) is 0 Å². The van der Waals surface area contributed by atoms with Gasteiger partial charge in [0.05, 0.1) is 0 Å². The van der Waals surface area contributed by atoms with Gasteiger partial charge in [-0.05, 0) is 64.3 Å². The number of aliphatic hydroxyl groups is 1. The van der Waals surface area contributed by atoms with E-state index in [1.165, 1.54) is 32.4 Å². The molecule has 0 saturated carbocycles. The van der Waals surface area contributed by atoms with Crippen LogP contribution in [0.1, 0.15) is 32.6 Å². The predicted molar refractivity (Wildman–Crippen MR) is 68.6 cm³/mol. The molecule has 0 aromatic rings. The summed E-state index contributed by atoms with van der Waals surface area (Å²) in [6.07, 6.45) is 4.78. The van der Waals surface area contributed by atoms with Crippen molar-refractivity contribution in [2.75, 3.05) is 39.8 Å². The molecule has 1 aliphatic heterocycles. The Morgan fingerprint density at radius 3 is 2.62 bits per heavy atom. The van der Waals surface area contributed by atoms with E-state index < -0.39 is 0 Å². The molecule has 1 heterocycles. The van der Waals surface area contributed by atoms with Crippen LogP contribution in [0.3, 0.4) is 0 Å². The summed E-state index contributed by atoms with van der Waals surface area (Å²) < 4.78 is 0. The number of nitrogens with one attached hydrogen (secondary N) is 1. The maximum Gasteiger partial charge on any atom is 0.0434 e. The van der Waals surface area contributed by atoms with E-state index in [1.807, 2.05) is 0 Å². The number of hydrogen-bond acceptors (Lipinski definition) is 3. The minimum absolute atomic E-state index is 0.328. The van der Waals surface area contributed by atoms with E-state index in [-0.39, 0.29) is 0 Å². The Hall–Kier alpha value is -0.120. The van der Waals surface area contributed by atoms with Crippen molar-refractivity contribution < 1.29 is 5.11 Å². The average molecular weight is 228 g/mol. The van der Waals surface area contributed by atoms with E-state index in [0.717, 1.165) is 25.4 Å². The van der Waals surface area contributed by atoms with Crippen molar-refractivity contribution in [1.82, 2.24) is 10.2 Å². The van der Waals surface area contributed by atoms with Gasteiger partial charge in [-0.15, -0.1) is 0 Å². The highest BCUT2D eigenvalue weighted by Crippen LogP contribution is 2.15. The van der Waals surface area contributed by atoms with Crippen molar-refractivity contribution in [3.63, 3.8) is 0 Å². The second-order valence-electron chi connectivity index (χ2n) is 5.19. The van der Waals surface area contributed by atoms with Crippen molar-refractivity contribution >= 4 is 0 Å². The molecule has 1 atom stereocenters. The Morgan fingerprint density at radius 1 is 1.38 bits per heavy atom. The van der Waals surface area contributed by atoms with Gasteiger partial charge in [0.2, 0.25) is 0 Å². The summed E-state index contributed by atoms with van der Waals surface area (Å²) >= 11 is 0. The molecule has 2 N–H and O–H groups in total. The van der Waals surface area contributed by atoms with Gasteiger partial charge in [-0.3, -0.25) is 0 Å². The first-order valence-corrected chi connectivity index (χ1v) is 6.76. The van der Waals surface area contributed by atoms with Crippen LogP contribution in [-0.4, -0.2) is 49.8 Å². The molecule has 0 spiro atoms. The number of piperidine rings is 1. The molecular weight excluding hydrogens is 200 g/mol. The van der Waals surface area contributed by atoms with Crippen LogP contribution < -0.4 is 5.32 Å². The fourth-order valence-corrected chi connectivity index (χ4v) is 2.39. The zero-order valence-electron chi connectivity index (χ0n) is 10.9. The summed E-state index contributed by atoms with van der Waals surface area (Å²) in [5.74, 6) is 1.51. The van der Waals surface area contributed by atoms with Gasteiger partial charge in [0.25, 0.3) is 0 Å². The average Bonchev–Trinajstić information content (AvgIpc) is 2.30. The molecule has 0 amide bonds. The first kappa shape index (κ1) is 13.9. The molecule has 16 heavy (non-hydrogen) atoms. The van der Waals surface area contributed by atoms with E-state index in [9.17, 15) is 0 Å². The van der Waals surface area contributed by atoms with E-state index in [4.69, 9.17) is 5.11 Å². The minimum atomic E-state index is 0.328. The van der Waals surface area contributed by atoms with Gasteiger partial charge >= 0.3 is 0 Å². The smallest absolute Gasteiger partial charge is 0.0434 e. The van der Waals surface area contributed by atoms with Gasteiger partial charge < -0.3 is 15.3 Å². The molecule has 96 valence electrons. The number of aliphatic hydroxyl groups excluding tert-OH is 1. The lowest BCUT2D eigenvalue weighted by Crippen LogP contribution is -2.36. The lowest BCUT2D eigenvalue weighted by Gasteiger charge is -2.29. The van der Waals surface area contributed by atoms with Crippen LogP contribution in [0.15, 0.2) is 0 Å². The zero-order valence-corrected chi connectivity index (χ0v) is 10.9. The lowest BCUT2D eigenvalue weighted by molar-refractivity contribution is 0.210. The van der Waals surface area contributed by atoms with Crippen molar-refractivity contribution in [3.8, 4) is 0 Å². The Balaban J connectivity index is 2.05. The first-order valence-electron chi connectivity index (χ1n) is 6.76. The molecule has 3 heteroatoms. The second kappa shape index (κ2) is 8.04. The molecule has 1 saturated heterocycles. The third-order valence-electron chi connectivity index (χ3n) is 3.82. The Morgan fingerprint density at radius 2 is 2.06 bits per heavy atom. The van der Waals surface area contributed by atoms with Gasteiger partial charge in [0.15, 0.2) is 0 Å². The van der Waals surface area contributed by atoms with Crippen molar-refractivity contribution in [1.29, 1.82) is 0 Å². The summed E-state index contributed by atoms with van der Waals surface area (Å²) in [4.78, 5) is 2.41. The SMILES string of the molecule is CCC(CCO)CNCC1CCN(C)CC1. The summed E-state index contributed by atoms with van der Waals surface area (Å²) in [5, 5.41) is 12.5. The fraction of sp³-hybridized carbons (Fsp3) is 1.00. The molecular formula is C13H28N2O. The van der Waals surface area contributed by atoms with Crippen LogP contribution in [0.4, 0.5) is 0 Å². The first-order chi connectivity index (χ1) is 7.76. The summed E-state index contributed by atoms with van der Waals surface area (Å²) in [6.45, 7) is 7.27. The molecule has 0 bridgehead atoms. The van der Waals surface area contributed by atoms with E-state index in [1.54, 1.807) is 0 Å². The highest BCUT2D eigenvalue weighted by molar-refractivity contribution is 4.72. The zero-order chi connectivity index (χ0) is 11.8. The fourth-order valence-electron chi connectivity index (χ4n) is 2.39. The molecule has 1 rings (SSSR count). The van der Waals surface area contributed by atoms with Crippen LogP contribution in [-0.2, 0) is 0 Å². The van der Waals surface area contributed by atoms with Gasteiger partial charge in [-0.1, -0.05) is 13.3 Å². The Bertz CT molecular complexity index is 167. The van der Waals surface area contributed by atoms with Crippen molar-refractivity contribution in [2.24, 2.45) is 11.8 Å². The Labute approximate surface area is 100 Å². The minimum Gasteiger partial charge on any atom is -0.396 e. The highest BCUT2D eigenvalue weighted by atomic mass is 16.3. The summed E-state index contributed by atoms with van der Waals surface area (Å²) in [5.41, 5.74) is 0. The monoisotopic (exact) mass is 228 g/mol. The lowest BCUT2D eigenvalue weighted by atomic mass is 9.96. The Kier molecular flexibility index (Phi) is 7.01. The van der Waals surface area contributed by atoms with E-state index in [2.05, 4.69) is 24.2 Å². The molecule has 3 nitrogen and oxygen atoms in total. The predicted octanol–water partition coefficient (Wildman–Crippen LogP) is 1.33. The molecule has 0 aliphatic carbocycles. The van der Waals surface area contributed by atoms with Crippen molar-refractivity contribution in [3.05, 3.63) is 0 Å². The van der Waals surface area contributed by atoms with Crippen LogP contribution in [0, 0.1) is 11.8 Å². The second-order valence-corrected chi connectivity index (χ2v) is 5.19. The summed E-state index contributed by atoms with van der Waals surface area (Å²) in [6, 6.07) is 0. The standard InChI is InChI=1S/C13H28N2O/c1-3-12(6-9-16)10-14-11-13-4-7-15(2)8-5-13/h12-14,16H,3-11H2,1-2H3. The van der Waals surface area contributed by atoms with Crippen LogP contribution in [0.2, 0.25) is 0 Å². The van der Waals surface area contributed by atoms with Crippen LogP contribution in [0.25, 0.3) is 0 Å². The topological polar surface area (TPSA) is 35.5 Å². The third kappa shape index (κ3) is 5.28. The molecule has 1 aliphatic rings. The molecule has 0 aromatic carbocycles. The number of nitrogens with zero attached hydrogens (tertiary/aromatic N) is 1. The van der Waals surface area contributed by atoms with Gasteiger partial charge in [0.1, 0.15) is 0 Å². The molecule has 0 radical (unpaired) electrons. The molecule has 1 unspecified atom stereocenters. The number of hydrogen-bond donors (Lipinski definition) is 2. The molecule has 0 aromatic heterocycles. The maximum absolute atomic E-state index is 8.91. The van der Waals surface area contributed by atoms with Crippen LogP contribution in [0.5, 0.6) is 0 Å². The highest BCUT2D eigenvalue weighted by Gasteiger charge is 2.16. The quantitative estimate of drug-likeness (QED) is 0.690. The van der Waals surface area contributed by atoms with E-state index >= 15 is 0 Å². The van der Waals surface area contributed by atoms with Gasteiger partial charge in [-0.2, -0.15) is 0 Å². The van der Waals surface area contributed by atoms with E-state index in [0.29, 0.717) is 12.5 Å². The number of likely N-dealkylation sites (tertiary alicyclic amines) is 1. The number of rotatable bonds is 7. The maximum atomic E-state index is 8.91. The van der Waals surface area contributed by atoms with Crippen molar-refractivity contribution in [2.45, 2.75) is 32.6 Å². The summed E-state index contributed by atoms with van der Waals surface area (Å²) in [7, 11) is 2.21. The normalized spacial score (nSPS) is 21.2. The largest absolute Gasteiger partial charge is 0.396 e. The van der Waals surface area contributed by atoms with Gasteiger partial charge in [0, 0.05) is 6.61 Å². The van der Waals surface area contributed by atoms with Crippen LogP contribution >= 0.6 is 0 Å². The molecule has 1 fully saturated rings. The third-order valence-corrected chi connectivity index (χ3v) is 3.82.